The van der Waals surface area contributed by atoms with Gasteiger partial charge in [0.2, 0.25) is 0 Å². The van der Waals surface area contributed by atoms with E-state index in [4.69, 9.17) is 5.73 Å². The van der Waals surface area contributed by atoms with Crippen LogP contribution < -0.4 is 5.73 Å². The second-order valence-electron chi connectivity index (χ2n) is 3.49. The van der Waals surface area contributed by atoms with E-state index in [1.165, 1.54) is 18.6 Å². The average molecular weight is 209 g/mol. The first-order valence-corrected chi connectivity index (χ1v) is 6.07. The van der Waals surface area contributed by atoms with Crippen molar-refractivity contribution in [3.63, 3.8) is 0 Å². The van der Waals surface area contributed by atoms with Gasteiger partial charge in [-0.05, 0) is 37.1 Å². The summed E-state index contributed by atoms with van der Waals surface area (Å²) in [6, 6.07) is 0. The Kier molecular flexibility index (Phi) is 3.37. The fraction of sp³-hybridized carbons (Fsp3) is 0.600. The van der Waals surface area contributed by atoms with E-state index in [1.807, 2.05) is 24.2 Å². The largest absolute Gasteiger partial charge is 0.330 e. The summed E-state index contributed by atoms with van der Waals surface area (Å²) in [5.41, 5.74) is 6.60. The summed E-state index contributed by atoms with van der Waals surface area (Å²) in [7, 11) is 0. The maximum atomic E-state index is 5.46. The molecule has 0 saturated carbocycles. The van der Waals surface area contributed by atoms with E-state index in [0.717, 1.165) is 17.8 Å². The van der Waals surface area contributed by atoms with Crippen LogP contribution in [-0.4, -0.2) is 22.3 Å². The fourth-order valence-corrected chi connectivity index (χ4v) is 2.83. The van der Waals surface area contributed by atoms with E-state index >= 15 is 0 Å². The van der Waals surface area contributed by atoms with Gasteiger partial charge in [0.1, 0.15) is 5.82 Å². The van der Waals surface area contributed by atoms with Crippen molar-refractivity contribution in [3.8, 4) is 0 Å². The molecule has 0 amide bonds. The molecule has 4 heteroatoms. The molecule has 3 nitrogen and oxygen atoms in total. The predicted octanol–water partition coefficient (Wildman–Crippen LogP) is 1.55. The zero-order chi connectivity index (χ0) is 9.80. The van der Waals surface area contributed by atoms with Crippen molar-refractivity contribution in [1.82, 2.24) is 9.97 Å². The molecule has 14 heavy (non-hydrogen) atoms. The molecule has 1 aromatic heterocycles. The van der Waals surface area contributed by atoms with Gasteiger partial charge in [-0.15, -0.1) is 0 Å². The Balaban J connectivity index is 2.05. The van der Waals surface area contributed by atoms with Gasteiger partial charge in [-0.25, -0.2) is 9.97 Å². The van der Waals surface area contributed by atoms with Crippen LogP contribution in [0.15, 0.2) is 12.4 Å². The van der Waals surface area contributed by atoms with Crippen LogP contribution in [0.1, 0.15) is 29.5 Å². The number of aromatic nitrogens is 2. The van der Waals surface area contributed by atoms with Crippen molar-refractivity contribution in [2.24, 2.45) is 5.73 Å². The molecule has 2 N–H and O–H groups in total. The molecule has 1 fully saturated rings. The van der Waals surface area contributed by atoms with Gasteiger partial charge in [-0.2, -0.15) is 11.8 Å². The van der Waals surface area contributed by atoms with Gasteiger partial charge in [0.25, 0.3) is 0 Å². The SMILES string of the molecule is NCCc1cnc(C2CCCS2)nc1. The van der Waals surface area contributed by atoms with Crippen molar-refractivity contribution in [3.05, 3.63) is 23.8 Å². The van der Waals surface area contributed by atoms with Crippen LogP contribution >= 0.6 is 11.8 Å². The number of hydrogen-bond donors (Lipinski definition) is 1. The third-order valence-electron chi connectivity index (χ3n) is 2.38. The summed E-state index contributed by atoms with van der Waals surface area (Å²) < 4.78 is 0. The minimum Gasteiger partial charge on any atom is -0.330 e. The number of nitrogens with two attached hydrogens (primary N) is 1. The molecule has 76 valence electrons. The lowest BCUT2D eigenvalue weighted by atomic mass is 10.2. The molecule has 0 bridgehead atoms. The molecular formula is C10H15N3S. The highest BCUT2D eigenvalue weighted by atomic mass is 32.2. The highest BCUT2D eigenvalue weighted by molar-refractivity contribution is 7.99. The number of rotatable bonds is 3. The molecular weight excluding hydrogens is 194 g/mol. The van der Waals surface area contributed by atoms with E-state index < -0.39 is 0 Å². The molecule has 1 atom stereocenters. The molecule has 1 aromatic rings. The molecule has 1 unspecified atom stereocenters. The van der Waals surface area contributed by atoms with Gasteiger partial charge in [0.05, 0.1) is 5.25 Å². The van der Waals surface area contributed by atoms with E-state index in [0.29, 0.717) is 11.8 Å². The van der Waals surface area contributed by atoms with Crippen molar-refractivity contribution in [2.75, 3.05) is 12.3 Å². The first-order valence-electron chi connectivity index (χ1n) is 5.02. The highest BCUT2D eigenvalue weighted by Crippen LogP contribution is 2.37. The summed E-state index contributed by atoms with van der Waals surface area (Å²) in [4.78, 5) is 8.78. The second-order valence-corrected chi connectivity index (χ2v) is 4.80. The quantitative estimate of drug-likeness (QED) is 0.820. The lowest BCUT2D eigenvalue weighted by molar-refractivity contribution is 0.770. The summed E-state index contributed by atoms with van der Waals surface area (Å²) in [6.07, 6.45) is 7.21. The van der Waals surface area contributed by atoms with Crippen molar-refractivity contribution >= 4 is 11.8 Å². The first kappa shape index (κ1) is 9.93. The summed E-state index contributed by atoms with van der Waals surface area (Å²) in [5.74, 6) is 2.24. The maximum Gasteiger partial charge on any atom is 0.141 e. The van der Waals surface area contributed by atoms with Crippen LogP contribution in [-0.2, 0) is 6.42 Å². The van der Waals surface area contributed by atoms with Crippen LogP contribution in [0.2, 0.25) is 0 Å². The number of nitrogens with zero attached hydrogens (tertiary/aromatic N) is 2. The second kappa shape index (κ2) is 4.75. The fourth-order valence-electron chi connectivity index (χ4n) is 1.61. The minimum atomic E-state index is 0.530. The number of hydrogen-bond acceptors (Lipinski definition) is 4. The van der Waals surface area contributed by atoms with E-state index in [2.05, 4.69) is 9.97 Å². The zero-order valence-electron chi connectivity index (χ0n) is 8.15. The molecule has 0 aliphatic carbocycles. The molecule has 1 aliphatic heterocycles. The zero-order valence-corrected chi connectivity index (χ0v) is 8.96. The average Bonchev–Trinajstić information content (AvgIpc) is 2.72. The van der Waals surface area contributed by atoms with Gasteiger partial charge in [0, 0.05) is 12.4 Å². The van der Waals surface area contributed by atoms with Gasteiger partial charge >= 0.3 is 0 Å². The molecule has 0 aromatic carbocycles. The smallest absolute Gasteiger partial charge is 0.141 e. The van der Waals surface area contributed by atoms with Crippen LogP contribution in [0.4, 0.5) is 0 Å². The summed E-state index contributed by atoms with van der Waals surface area (Å²) in [6.45, 7) is 0.668. The normalized spacial score (nSPS) is 21.4. The van der Waals surface area contributed by atoms with Crippen LogP contribution in [0.25, 0.3) is 0 Å². The van der Waals surface area contributed by atoms with Crippen LogP contribution in [0.5, 0.6) is 0 Å². The Morgan fingerprint density at radius 3 is 2.79 bits per heavy atom. The van der Waals surface area contributed by atoms with Crippen LogP contribution in [0, 0.1) is 0 Å². The highest BCUT2D eigenvalue weighted by Gasteiger charge is 2.19. The Morgan fingerprint density at radius 1 is 1.43 bits per heavy atom. The van der Waals surface area contributed by atoms with Crippen molar-refractivity contribution < 1.29 is 0 Å². The van der Waals surface area contributed by atoms with E-state index in [9.17, 15) is 0 Å². The monoisotopic (exact) mass is 209 g/mol. The molecule has 0 spiro atoms. The lowest BCUT2D eigenvalue weighted by Crippen LogP contribution is -2.05. The van der Waals surface area contributed by atoms with Gasteiger partial charge in [0.15, 0.2) is 0 Å². The third kappa shape index (κ3) is 2.25. The third-order valence-corrected chi connectivity index (χ3v) is 3.75. The summed E-state index contributed by atoms with van der Waals surface area (Å²) in [5, 5.41) is 0.530. The van der Waals surface area contributed by atoms with Crippen molar-refractivity contribution in [1.29, 1.82) is 0 Å². The topological polar surface area (TPSA) is 51.8 Å². The molecule has 2 rings (SSSR count). The Bertz CT molecular complexity index is 280. The molecule has 1 aliphatic rings. The maximum absolute atomic E-state index is 5.46. The number of thioether (sulfide) groups is 1. The van der Waals surface area contributed by atoms with Crippen LogP contribution in [0.3, 0.4) is 0 Å². The Labute approximate surface area is 88.5 Å². The van der Waals surface area contributed by atoms with Gasteiger partial charge in [-0.1, -0.05) is 0 Å². The Hall–Kier alpha value is -0.610. The van der Waals surface area contributed by atoms with E-state index in [1.54, 1.807) is 0 Å². The summed E-state index contributed by atoms with van der Waals surface area (Å²) >= 11 is 1.96. The molecule has 2 heterocycles. The van der Waals surface area contributed by atoms with E-state index in [-0.39, 0.29) is 0 Å². The van der Waals surface area contributed by atoms with Crippen molar-refractivity contribution in [2.45, 2.75) is 24.5 Å². The Morgan fingerprint density at radius 2 is 2.21 bits per heavy atom. The molecule has 1 saturated heterocycles. The molecule has 0 radical (unpaired) electrons. The van der Waals surface area contributed by atoms with Gasteiger partial charge < -0.3 is 5.73 Å². The van der Waals surface area contributed by atoms with Gasteiger partial charge in [-0.3, -0.25) is 0 Å². The minimum absolute atomic E-state index is 0.530. The predicted molar refractivity (Wildman–Crippen MR) is 59.2 cm³/mol. The first-order chi connectivity index (χ1) is 6.90. The lowest BCUT2D eigenvalue weighted by Gasteiger charge is -2.06. The standard InChI is InChI=1S/C10H15N3S/c11-4-3-8-6-12-10(13-7-8)9-2-1-5-14-9/h6-7,9H,1-5,11H2.